The molecule has 0 aliphatic rings. The molecule has 0 radical (unpaired) electrons. The van der Waals surface area contributed by atoms with Gasteiger partial charge in [0.25, 0.3) is 0 Å². The number of hydrogen-bond donors (Lipinski definition) is 3. The van der Waals surface area contributed by atoms with E-state index in [0.717, 1.165) is 10.9 Å². The molecule has 3 aromatic rings. The molecule has 2 heterocycles. The number of furan rings is 1. The van der Waals surface area contributed by atoms with Gasteiger partial charge < -0.3 is 20.2 Å². The number of halogens is 1. The zero-order valence-corrected chi connectivity index (χ0v) is 15.2. The van der Waals surface area contributed by atoms with Gasteiger partial charge in [0.2, 0.25) is 0 Å². The molecule has 2 aromatic heterocycles. The minimum atomic E-state index is -0.884. The van der Waals surface area contributed by atoms with Crippen molar-refractivity contribution in [1.29, 1.82) is 0 Å². The Morgan fingerprint density at radius 2 is 2.04 bits per heavy atom. The van der Waals surface area contributed by atoms with Crippen LogP contribution in [0.15, 0.2) is 53.1 Å². The van der Waals surface area contributed by atoms with E-state index >= 15 is 0 Å². The van der Waals surface area contributed by atoms with Crippen molar-refractivity contribution in [3.63, 3.8) is 0 Å². The number of aliphatic hydroxyl groups is 1. The molecule has 0 aliphatic heterocycles. The number of anilines is 1. The fourth-order valence-electron chi connectivity index (χ4n) is 2.33. The average Bonchev–Trinajstić information content (AvgIpc) is 3.34. The van der Waals surface area contributed by atoms with Crippen molar-refractivity contribution in [3.8, 4) is 0 Å². The monoisotopic (exact) mass is 388 g/mol. The maximum absolute atomic E-state index is 13.5. The molecular weight excluding hydrogens is 371 g/mol. The van der Waals surface area contributed by atoms with E-state index in [1.54, 1.807) is 31.2 Å². The van der Waals surface area contributed by atoms with E-state index in [0.29, 0.717) is 16.2 Å². The lowest BCUT2D eigenvalue weighted by Crippen LogP contribution is -2.34. The molecule has 2 amide bonds. The van der Waals surface area contributed by atoms with Crippen LogP contribution < -0.4 is 10.6 Å². The Bertz CT molecular complexity index is 953. The fraction of sp³-hybridized carbons (Fsp3) is 0.158. The molecule has 1 unspecified atom stereocenters. The van der Waals surface area contributed by atoms with E-state index in [9.17, 15) is 19.1 Å². The number of carbonyl (C=O) groups is 2. The van der Waals surface area contributed by atoms with Gasteiger partial charge in [0, 0.05) is 15.4 Å². The molecule has 1 aromatic carbocycles. The first-order valence-corrected chi connectivity index (χ1v) is 8.91. The third kappa shape index (κ3) is 4.60. The second-order valence-electron chi connectivity index (χ2n) is 5.82. The molecule has 0 aliphatic carbocycles. The molecule has 3 N–H and O–H groups in total. The van der Waals surface area contributed by atoms with Gasteiger partial charge in [-0.05, 0) is 48.9 Å². The van der Waals surface area contributed by atoms with Crippen LogP contribution in [0.5, 0.6) is 0 Å². The van der Waals surface area contributed by atoms with Gasteiger partial charge in [0.15, 0.2) is 0 Å². The number of carbonyl (C=O) groups excluding carboxylic acids is 2. The number of benzene rings is 1. The van der Waals surface area contributed by atoms with Crippen molar-refractivity contribution in [2.45, 2.75) is 19.6 Å². The van der Waals surface area contributed by atoms with Gasteiger partial charge in [0.1, 0.15) is 17.7 Å². The summed E-state index contributed by atoms with van der Waals surface area (Å²) >= 11 is 1.29. The molecule has 3 rings (SSSR count). The molecule has 0 saturated carbocycles. The van der Waals surface area contributed by atoms with Crippen LogP contribution in [-0.4, -0.2) is 16.9 Å². The lowest BCUT2D eigenvalue weighted by molar-refractivity contribution is -0.136. The Kier molecular flexibility index (Phi) is 5.68. The molecule has 27 heavy (non-hydrogen) atoms. The zero-order valence-electron chi connectivity index (χ0n) is 14.4. The second kappa shape index (κ2) is 8.15. The Morgan fingerprint density at radius 1 is 1.22 bits per heavy atom. The van der Waals surface area contributed by atoms with E-state index < -0.39 is 23.7 Å². The smallest absolute Gasteiger partial charge is 0.313 e. The highest BCUT2D eigenvalue weighted by atomic mass is 32.1. The number of hydrogen-bond acceptors (Lipinski definition) is 5. The number of nitrogens with one attached hydrogen (secondary N) is 2. The lowest BCUT2D eigenvalue weighted by Gasteiger charge is -2.07. The average molecular weight is 388 g/mol. The van der Waals surface area contributed by atoms with Gasteiger partial charge in [-0.15, -0.1) is 11.3 Å². The summed E-state index contributed by atoms with van der Waals surface area (Å²) in [6.45, 7) is 1.73. The minimum Gasteiger partial charge on any atom is -0.466 e. The van der Waals surface area contributed by atoms with Gasteiger partial charge >= 0.3 is 11.8 Å². The number of amides is 2. The Balaban J connectivity index is 1.54. The first-order valence-electron chi connectivity index (χ1n) is 8.09. The minimum absolute atomic E-state index is 0.129. The largest absolute Gasteiger partial charge is 0.466 e. The fourth-order valence-corrected chi connectivity index (χ4v) is 3.28. The molecule has 0 saturated heterocycles. The van der Waals surface area contributed by atoms with E-state index in [4.69, 9.17) is 4.42 Å². The predicted octanol–water partition coefficient (Wildman–Crippen LogP) is 3.13. The summed E-state index contributed by atoms with van der Waals surface area (Å²) in [5.74, 6) is -1.75. The summed E-state index contributed by atoms with van der Waals surface area (Å²) in [4.78, 5) is 25.3. The van der Waals surface area contributed by atoms with Crippen LogP contribution in [-0.2, 0) is 16.1 Å². The van der Waals surface area contributed by atoms with Crippen LogP contribution in [0.4, 0.5) is 10.1 Å². The quantitative estimate of drug-likeness (QED) is 0.586. The van der Waals surface area contributed by atoms with E-state index in [2.05, 4.69) is 10.6 Å². The summed E-state index contributed by atoms with van der Waals surface area (Å²) in [5.41, 5.74) is 0.654. The van der Waals surface area contributed by atoms with E-state index in [1.807, 2.05) is 0 Å². The van der Waals surface area contributed by atoms with Crippen molar-refractivity contribution in [2.24, 2.45) is 0 Å². The van der Waals surface area contributed by atoms with Crippen molar-refractivity contribution < 1.29 is 23.5 Å². The Labute approximate surface area is 158 Å². The third-order valence-electron chi connectivity index (χ3n) is 3.82. The summed E-state index contributed by atoms with van der Waals surface area (Å²) in [5, 5.41) is 15.0. The van der Waals surface area contributed by atoms with Gasteiger partial charge in [-0.1, -0.05) is 6.07 Å². The van der Waals surface area contributed by atoms with Crippen LogP contribution in [0, 0.1) is 12.7 Å². The number of aryl methyl sites for hydroxylation is 1. The van der Waals surface area contributed by atoms with Crippen LogP contribution in [0.2, 0.25) is 0 Å². The lowest BCUT2D eigenvalue weighted by atomic mass is 10.2. The van der Waals surface area contributed by atoms with Gasteiger partial charge in [-0.2, -0.15) is 0 Å². The SMILES string of the molecule is Cc1ccc(NC(=O)C(=O)NCc2ccc(C(O)c3ccco3)s2)cc1F. The molecular formula is C19H17FN2O4S. The molecule has 1 atom stereocenters. The predicted molar refractivity (Wildman–Crippen MR) is 98.7 cm³/mol. The highest BCUT2D eigenvalue weighted by molar-refractivity contribution is 7.12. The summed E-state index contributed by atoms with van der Waals surface area (Å²) in [6.07, 6.45) is 0.598. The summed E-state index contributed by atoms with van der Waals surface area (Å²) in [7, 11) is 0. The van der Waals surface area contributed by atoms with Crippen molar-refractivity contribution >= 4 is 28.8 Å². The van der Waals surface area contributed by atoms with Crippen molar-refractivity contribution in [3.05, 3.63) is 75.6 Å². The van der Waals surface area contributed by atoms with E-state index in [1.165, 1.54) is 29.7 Å². The highest BCUT2D eigenvalue weighted by Crippen LogP contribution is 2.28. The molecule has 140 valence electrons. The summed E-state index contributed by atoms with van der Waals surface area (Å²) in [6, 6.07) is 11.0. The molecule has 8 heteroatoms. The first kappa shape index (κ1) is 18.8. The maximum atomic E-state index is 13.5. The van der Waals surface area contributed by atoms with Gasteiger partial charge in [-0.3, -0.25) is 9.59 Å². The molecule has 6 nitrogen and oxygen atoms in total. The zero-order chi connectivity index (χ0) is 19.4. The van der Waals surface area contributed by atoms with Crippen LogP contribution in [0.1, 0.15) is 27.2 Å². The highest BCUT2D eigenvalue weighted by Gasteiger charge is 2.17. The number of aliphatic hydroxyl groups excluding tert-OH is 1. The van der Waals surface area contributed by atoms with Crippen LogP contribution >= 0.6 is 11.3 Å². The standard InChI is InChI=1S/C19H17FN2O4S/c1-11-4-5-12(9-14(11)20)22-19(25)18(24)21-10-13-6-7-16(27-13)17(23)15-3-2-8-26-15/h2-9,17,23H,10H2,1H3,(H,21,24)(H,22,25). The second-order valence-corrected chi connectivity index (χ2v) is 7.02. The van der Waals surface area contributed by atoms with Crippen LogP contribution in [0.25, 0.3) is 0 Å². The topological polar surface area (TPSA) is 91.6 Å². The van der Waals surface area contributed by atoms with Crippen molar-refractivity contribution in [2.75, 3.05) is 5.32 Å². The number of rotatable bonds is 5. The third-order valence-corrected chi connectivity index (χ3v) is 4.96. The van der Waals surface area contributed by atoms with E-state index in [-0.39, 0.29) is 12.2 Å². The van der Waals surface area contributed by atoms with Gasteiger partial charge in [0.05, 0.1) is 12.8 Å². The maximum Gasteiger partial charge on any atom is 0.313 e. The Morgan fingerprint density at radius 3 is 2.74 bits per heavy atom. The molecule has 0 fully saturated rings. The normalized spacial score (nSPS) is 11.8. The van der Waals surface area contributed by atoms with Gasteiger partial charge in [-0.25, -0.2) is 4.39 Å². The number of thiophene rings is 1. The molecule has 0 bridgehead atoms. The first-order chi connectivity index (χ1) is 12.9. The summed E-state index contributed by atoms with van der Waals surface area (Å²) < 4.78 is 18.7. The molecule has 0 spiro atoms. The van der Waals surface area contributed by atoms with Crippen LogP contribution in [0.3, 0.4) is 0 Å². The van der Waals surface area contributed by atoms with Crippen molar-refractivity contribution in [1.82, 2.24) is 5.32 Å². The Hall–Kier alpha value is -2.97.